The summed E-state index contributed by atoms with van der Waals surface area (Å²) in [6.45, 7) is 0. The summed E-state index contributed by atoms with van der Waals surface area (Å²) in [7, 11) is -4.00. The van der Waals surface area contributed by atoms with E-state index in [1.165, 1.54) is 18.3 Å². The van der Waals surface area contributed by atoms with Crippen molar-refractivity contribution in [3.8, 4) is 0 Å². The predicted molar refractivity (Wildman–Crippen MR) is 64.9 cm³/mol. The van der Waals surface area contributed by atoms with Crippen LogP contribution in [0.25, 0.3) is 0 Å². The van der Waals surface area contributed by atoms with E-state index in [0.29, 0.717) is 0 Å². The Balaban J connectivity index is 2.36. The molecule has 0 saturated carbocycles. The summed E-state index contributed by atoms with van der Waals surface area (Å²) in [4.78, 5) is 13.5. The van der Waals surface area contributed by atoms with E-state index in [9.17, 15) is 13.2 Å². The van der Waals surface area contributed by atoms with Gasteiger partial charge in [-0.15, -0.1) is 10.2 Å². The summed E-state index contributed by atoms with van der Waals surface area (Å²) in [5.41, 5.74) is -0.622. The van der Waals surface area contributed by atoms with Crippen molar-refractivity contribution in [3.63, 3.8) is 0 Å². The topological polar surface area (TPSA) is 105 Å². The summed E-state index contributed by atoms with van der Waals surface area (Å²) in [6.07, 6.45) is 2.43. The Labute approximate surface area is 107 Å². The van der Waals surface area contributed by atoms with Crippen LogP contribution in [0, 0.1) is 0 Å². The minimum absolute atomic E-state index is 0.0253. The van der Waals surface area contributed by atoms with Gasteiger partial charge in [-0.2, -0.15) is 0 Å². The van der Waals surface area contributed by atoms with E-state index in [1.807, 2.05) is 0 Å². The third-order valence-electron chi connectivity index (χ3n) is 1.95. The van der Waals surface area contributed by atoms with Crippen LogP contribution in [0.15, 0.2) is 40.3 Å². The van der Waals surface area contributed by atoms with E-state index >= 15 is 0 Å². The van der Waals surface area contributed by atoms with Gasteiger partial charge in [0.2, 0.25) is 5.43 Å². The first kappa shape index (κ1) is 12.5. The molecule has 0 aliphatic rings. The van der Waals surface area contributed by atoms with Crippen molar-refractivity contribution in [2.24, 2.45) is 0 Å². The first-order valence-electron chi connectivity index (χ1n) is 4.68. The Morgan fingerprint density at radius 2 is 2.00 bits per heavy atom. The highest BCUT2D eigenvalue weighted by atomic mass is 35.5. The molecule has 0 aliphatic carbocycles. The van der Waals surface area contributed by atoms with Crippen molar-refractivity contribution >= 4 is 27.4 Å². The van der Waals surface area contributed by atoms with Gasteiger partial charge in [0, 0.05) is 18.5 Å². The third-order valence-corrected chi connectivity index (χ3v) is 3.53. The van der Waals surface area contributed by atoms with Gasteiger partial charge in [0.25, 0.3) is 10.0 Å². The molecule has 2 heterocycles. The second kappa shape index (κ2) is 4.75. The van der Waals surface area contributed by atoms with Crippen molar-refractivity contribution in [1.29, 1.82) is 0 Å². The standard InChI is InChI=1S/C9H7ClN4O3S/c10-8-1-2-9(13-12-8)14-18(16,17)7-5-11-4-3-6(7)15/h1-5H,(H,11,15)(H,13,14). The van der Waals surface area contributed by atoms with Crippen molar-refractivity contribution in [2.75, 3.05) is 4.72 Å². The van der Waals surface area contributed by atoms with E-state index < -0.39 is 20.3 Å². The van der Waals surface area contributed by atoms with Crippen molar-refractivity contribution in [1.82, 2.24) is 15.2 Å². The number of pyridine rings is 1. The van der Waals surface area contributed by atoms with Gasteiger partial charge in [0.05, 0.1) is 0 Å². The largest absolute Gasteiger partial charge is 0.366 e. The maximum Gasteiger partial charge on any atom is 0.268 e. The highest BCUT2D eigenvalue weighted by Gasteiger charge is 2.18. The zero-order chi connectivity index (χ0) is 13.2. The van der Waals surface area contributed by atoms with E-state index in [2.05, 4.69) is 19.9 Å². The van der Waals surface area contributed by atoms with Gasteiger partial charge in [-0.1, -0.05) is 11.6 Å². The molecule has 0 fully saturated rings. The van der Waals surface area contributed by atoms with Crippen LogP contribution in [0.3, 0.4) is 0 Å². The average molecular weight is 287 g/mol. The molecule has 0 bridgehead atoms. The second-order valence-electron chi connectivity index (χ2n) is 3.22. The number of H-pyrrole nitrogens is 1. The van der Waals surface area contributed by atoms with Gasteiger partial charge in [0.15, 0.2) is 15.9 Å². The number of hydrogen-bond acceptors (Lipinski definition) is 5. The molecular formula is C9H7ClN4O3S. The quantitative estimate of drug-likeness (QED) is 0.860. The molecule has 0 unspecified atom stereocenters. The van der Waals surface area contributed by atoms with Crippen molar-refractivity contribution < 1.29 is 8.42 Å². The van der Waals surface area contributed by atoms with Gasteiger partial charge in [-0.25, -0.2) is 8.42 Å². The fraction of sp³-hybridized carbons (Fsp3) is 0. The molecule has 18 heavy (non-hydrogen) atoms. The molecule has 9 heteroatoms. The molecule has 2 rings (SSSR count). The molecule has 0 atom stereocenters. The van der Waals surface area contributed by atoms with Crippen molar-refractivity contribution in [3.05, 3.63) is 46.0 Å². The summed E-state index contributed by atoms with van der Waals surface area (Å²) < 4.78 is 25.9. The first-order valence-corrected chi connectivity index (χ1v) is 6.54. The van der Waals surface area contributed by atoms with Crippen LogP contribution < -0.4 is 10.2 Å². The maximum atomic E-state index is 11.9. The lowest BCUT2D eigenvalue weighted by Crippen LogP contribution is -2.21. The molecule has 7 nitrogen and oxygen atoms in total. The molecule has 0 aromatic carbocycles. The zero-order valence-corrected chi connectivity index (χ0v) is 10.4. The maximum absolute atomic E-state index is 11.9. The Kier molecular flexibility index (Phi) is 3.30. The van der Waals surface area contributed by atoms with Crippen LogP contribution in [0.2, 0.25) is 5.15 Å². The van der Waals surface area contributed by atoms with Crippen LogP contribution in [-0.4, -0.2) is 23.6 Å². The molecule has 0 radical (unpaired) electrons. The lowest BCUT2D eigenvalue weighted by molar-refractivity contribution is 0.599. The van der Waals surface area contributed by atoms with Crippen LogP contribution in [-0.2, 0) is 10.0 Å². The van der Waals surface area contributed by atoms with Gasteiger partial charge in [-0.05, 0) is 12.1 Å². The number of aromatic nitrogens is 3. The highest BCUT2D eigenvalue weighted by molar-refractivity contribution is 7.92. The lowest BCUT2D eigenvalue weighted by atomic mass is 10.5. The van der Waals surface area contributed by atoms with Crippen LogP contribution in [0.4, 0.5) is 5.82 Å². The summed E-state index contributed by atoms with van der Waals surface area (Å²) in [5.74, 6) is -0.0253. The molecule has 2 aromatic heterocycles. The number of sulfonamides is 1. The average Bonchev–Trinajstić information content (AvgIpc) is 2.32. The minimum Gasteiger partial charge on any atom is -0.366 e. The molecular weight excluding hydrogens is 280 g/mol. The summed E-state index contributed by atoms with van der Waals surface area (Å²) in [6, 6.07) is 3.83. The molecule has 2 N–H and O–H groups in total. The Morgan fingerprint density at radius 3 is 2.61 bits per heavy atom. The Bertz CT molecular complexity index is 711. The number of aromatic amines is 1. The Hall–Kier alpha value is -1.93. The van der Waals surface area contributed by atoms with Crippen LogP contribution in [0.5, 0.6) is 0 Å². The number of hydrogen-bond donors (Lipinski definition) is 2. The predicted octanol–water partition coefficient (Wildman–Crippen LogP) is 0.619. The van der Waals surface area contributed by atoms with Crippen LogP contribution in [0.1, 0.15) is 0 Å². The number of nitrogens with one attached hydrogen (secondary N) is 2. The SMILES string of the molecule is O=c1cc[nH]cc1S(=O)(=O)Nc1ccc(Cl)nn1. The number of rotatable bonds is 3. The van der Waals surface area contributed by atoms with E-state index in [0.717, 1.165) is 12.3 Å². The zero-order valence-electron chi connectivity index (χ0n) is 8.79. The molecule has 0 aliphatic heterocycles. The monoisotopic (exact) mass is 286 g/mol. The molecule has 0 saturated heterocycles. The number of halogens is 1. The normalized spacial score (nSPS) is 11.2. The van der Waals surface area contributed by atoms with Gasteiger partial charge in [-0.3, -0.25) is 9.52 Å². The number of anilines is 1. The molecule has 2 aromatic rings. The molecule has 94 valence electrons. The van der Waals surface area contributed by atoms with E-state index in [1.54, 1.807) is 0 Å². The first-order chi connectivity index (χ1) is 8.49. The fourth-order valence-electron chi connectivity index (χ4n) is 1.17. The molecule has 0 spiro atoms. The van der Waals surface area contributed by atoms with Crippen molar-refractivity contribution in [2.45, 2.75) is 4.90 Å². The van der Waals surface area contributed by atoms with Gasteiger partial charge in [0.1, 0.15) is 0 Å². The van der Waals surface area contributed by atoms with Gasteiger partial charge >= 0.3 is 0 Å². The van der Waals surface area contributed by atoms with E-state index in [-0.39, 0.29) is 11.0 Å². The second-order valence-corrected chi connectivity index (χ2v) is 5.26. The third kappa shape index (κ3) is 2.66. The fourth-order valence-corrected chi connectivity index (χ4v) is 2.32. The van der Waals surface area contributed by atoms with Gasteiger partial charge < -0.3 is 4.98 Å². The Morgan fingerprint density at radius 1 is 1.22 bits per heavy atom. The van der Waals surface area contributed by atoms with Crippen LogP contribution >= 0.6 is 11.6 Å². The summed E-state index contributed by atoms with van der Waals surface area (Å²) >= 11 is 5.52. The lowest BCUT2D eigenvalue weighted by Gasteiger charge is -2.05. The molecule has 0 amide bonds. The van der Waals surface area contributed by atoms with E-state index in [4.69, 9.17) is 11.6 Å². The minimum atomic E-state index is -4.00. The highest BCUT2D eigenvalue weighted by Crippen LogP contribution is 2.11. The number of nitrogens with zero attached hydrogens (tertiary/aromatic N) is 2. The smallest absolute Gasteiger partial charge is 0.268 e. The summed E-state index contributed by atoms with van der Waals surface area (Å²) in [5, 5.41) is 7.15.